The largest absolute Gasteiger partial charge is 0.504 e. The molecule has 0 heterocycles. The van der Waals surface area contributed by atoms with Crippen LogP contribution in [0.1, 0.15) is 26.3 Å². The van der Waals surface area contributed by atoms with Gasteiger partial charge in [0.15, 0.2) is 11.5 Å². The molecule has 0 aliphatic heterocycles. The predicted octanol–water partition coefficient (Wildman–Crippen LogP) is 1.95. The molecule has 0 fully saturated rings. The quantitative estimate of drug-likeness (QED) is 0.702. The summed E-state index contributed by atoms with van der Waals surface area (Å²) in [6, 6.07) is 4.71. The van der Waals surface area contributed by atoms with Gasteiger partial charge in [0.05, 0.1) is 0 Å². The Balaban J connectivity index is 0.000000360. The van der Waals surface area contributed by atoms with Crippen molar-refractivity contribution in [1.82, 2.24) is 4.90 Å². The molecular formula is C14H26N2O2. The van der Waals surface area contributed by atoms with Gasteiger partial charge in [0.25, 0.3) is 0 Å². The highest BCUT2D eigenvalue weighted by Crippen LogP contribution is 2.24. The number of hydrogen-bond acceptors (Lipinski definition) is 4. The van der Waals surface area contributed by atoms with Gasteiger partial charge in [-0.2, -0.15) is 0 Å². The number of benzene rings is 1. The van der Waals surface area contributed by atoms with Gasteiger partial charge in [0.2, 0.25) is 0 Å². The minimum absolute atomic E-state index is 0.0871. The Kier molecular flexibility index (Phi) is 9.06. The molecule has 1 aromatic carbocycles. The number of rotatable bonds is 5. The molecule has 4 nitrogen and oxygen atoms in total. The summed E-state index contributed by atoms with van der Waals surface area (Å²) in [5.41, 5.74) is 6.24. The number of phenolic OH excluding ortho intramolecular Hbond substituents is 2. The fourth-order valence-corrected chi connectivity index (χ4v) is 1.56. The third-order valence-electron chi connectivity index (χ3n) is 2.81. The van der Waals surface area contributed by atoms with E-state index in [0.29, 0.717) is 13.0 Å². The van der Waals surface area contributed by atoms with Crippen molar-refractivity contribution in [3.05, 3.63) is 23.8 Å². The van der Waals surface area contributed by atoms with Crippen LogP contribution in [0.3, 0.4) is 0 Å². The van der Waals surface area contributed by atoms with Gasteiger partial charge in [0, 0.05) is 0 Å². The molecule has 0 aliphatic carbocycles. The van der Waals surface area contributed by atoms with Crippen LogP contribution in [-0.4, -0.2) is 41.3 Å². The summed E-state index contributed by atoms with van der Waals surface area (Å²) in [7, 11) is 0. The standard InChI is InChI=1S/C8H11NO2.C6H15N/c9-4-3-6-1-2-7(10)8(11)5-6;1-4-7(5-2)6-3/h1-2,5,10-11H,3-4,9H2;4-6H2,1-3H3. The van der Waals surface area contributed by atoms with Crippen LogP contribution in [0.15, 0.2) is 18.2 Å². The molecule has 4 N–H and O–H groups in total. The first-order valence-corrected chi connectivity index (χ1v) is 6.52. The van der Waals surface area contributed by atoms with Crippen molar-refractivity contribution in [3.63, 3.8) is 0 Å². The van der Waals surface area contributed by atoms with Crippen molar-refractivity contribution in [2.24, 2.45) is 5.73 Å². The Morgan fingerprint density at radius 3 is 1.89 bits per heavy atom. The summed E-state index contributed by atoms with van der Waals surface area (Å²) < 4.78 is 0. The molecule has 0 saturated carbocycles. The summed E-state index contributed by atoms with van der Waals surface area (Å²) in [5.74, 6) is -0.179. The van der Waals surface area contributed by atoms with E-state index >= 15 is 0 Å². The molecule has 0 aromatic heterocycles. The lowest BCUT2D eigenvalue weighted by Crippen LogP contribution is -2.21. The lowest BCUT2D eigenvalue weighted by atomic mass is 10.1. The van der Waals surface area contributed by atoms with Crippen LogP contribution in [0.5, 0.6) is 11.5 Å². The highest BCUT2D eigenvalue weighted by molar-refractivity contribution is 5.40. The Labute approximate surface area is 110 Å². The normalized spacial score (nSPS) is 10.1. The minimum Gasteiger partial charge on any atom is -0.504 e. The van der Waals surface area contributed by atoms with E-state index in [9.17, 15) is 0 Å². The molecule has 1 aromatic rings. The van der Waals surface area contributed by atoms with Crippen LogP contribution in [0.2, 0.25) is 0 Å². The van der Waals surface area contributed by atoms with Gasteiger partial charge in [-0.3, -0.25) is 0 Å². The Morgan fingerprint density at radius 1 is 1.00 bits per heavy atom. The zero-order valence-electron chi connectivity index (χ0n) is 11.7. The fourth-order valence-electron chi connectivity index (χ4n) is 1.56. The Hall–Kier alpha value is -1.26. The molecule has 0 spiro atoms. The molecule has 0 radical (unpaired) electrons. The first kappa shape index (κ1) is 16.7. The second-order valence-corrected chi connectivity index (χ2v) is 3.98. The van der Waals surface area contributed by atoms with Crippen molar-refractivity contribution < 1.29 is 10.2 Å². The average molecular weight is 254 g/mol. The van der Waals surface area contributed by atoms with Gasteiger partial charge >= 0.3 is 0 Å². The molecule has 0 bridgehead atoms. The smallest absolute Gasteiger partial charge is 0.157 e. The topological polar surface area (TPSA) is 69.7 Å². The number of aromatic hydroxyl groups is 2. The van der Waals surface area contributed by atoms with Crippen LogP contribution in [-0.2, 0) is 6.42 Å². The second kappa shape index (κ2) is 9.74. The van der Waals surface area contributed by atoms with E-state index in [0.717, 1.165) is 5.56 Å². The van der Waals surface area contributed by atoms with Crippen LogP contribution >= 0.6 is 0 Å². The van der Waals surface area contributed by atoms with Gasteiger partial charge in [-0.1, -0.05) is 26.8 Å². The van der Waals surface area contributed by atoms with Crippen LogP contribution in [0.4, 0.5) is 0 Å². The molecule has 104 valence electrons. The van der Waals surface area contributed by atoms with Gasteiger partial charge < -0.3 is 20.8 Å². The van der Waals surface area contributed by atoms with Gasteiger partial charge in [0.1, 0.15) is 0 Å². The van der Waals surface area contributed by atoms with Crippen molar-refractivity contribution in [2.45, 2.75) is 27.2 Å². The predicted molar refractivity (Wildman–Crippen MR) is 76.0 cm³/mol. The maximum Gasteiger partial charge on any atom is 0.157 e. The van der Waals surface area contributed by atoms with E-state index in [-0.39, 0.29) is 11.5 Å². The average Bonchev–Trinajstić information content (AvgIpc) is 2.37. The maximum absolute atomic E-state index is 9.04. The van der Waals surface area contributed by atoms with E-state index in [2.05, 4.69) is 25.7 Å². The van der Waals surface area contributed by atoms with Gasteiger partial charge in [-0.15, -0.1) is 0 Å². The van der Waals surface area contributed by atoms with Gasteiger partial charge in [-0.05, 0) is 50.3 Å². The summed E-state index contributed by atoms with van der Waals surface area (Å²) in [6.45, 7) is 10.7. The monoisotopic (exact) mass is 254 g/mol. The number of phenols is 2. The summed E-state index contributed by atoms with van der Waals surface area (Å²) in [6.07, 6.45) is 0.716. The van der Waals surface area contributed by atoms with E-state index in [1.165, 1.54) is 31.8 Å². The highest BCUT2D eigenvalue weighted by atomic mass is 16.3. The highest BCUT2D eigenvalue weighted by Gasteiger charge is 1.98. The molecule has 4 heteroatoms. The molecule has 0 saturated heterocycles. The third-order valence-corrected chi connectivity index (χ3v) is 2.81. The first-order chi connectivity index (χ1) is 8.58. The lowest BCUT2D eigenvalue weighted by molar-refractivity contribution is 0.321. The number of nitrogens with two attached hydrogens (primary N) is 1. The summed E-state index contributed by atoms with van der Waals surface area (Å²) >= 11 is 0. The van der Waals surface area contributed by atoms with Crippen LogP contribution in [0, 0.1) is 0 Å². The molecule has 18 heavy (non-hydrogen) atoms. The molecule has 0 amide bonds. The molecule has 0 atom stereocenters. The Morgan fingerprint density at radius 2 is 1.56 bits per heavy atom. The first-order valence-electron chi connectivity index (χ1n) is 6.52. The number of nitrogens with zero attached hydrogens (tertiary/aromatic N) is 1. The van der Waals surface area contributed by atoms with Crippen LogP contribution in [0.25, 0.3) is 0 Å². The SMILES string of the molecule is CCN(CC)CC.NCCc1ccc(O)c(O)c1. The fraction of sp³-hybridized carbons (Fsp3) is 0.571. The molecule has 0 aliphatic rings. The molecule has 0 unspecified atom stereocenters. The van der Waals surface area contributed by atoms with Gasteiger partial charge in [-0.25, -0.2) is 0 Å². The van der Waals surface area contributed by atoms with Crippen molar-refractivity contribution in [3.8, 4) is 11.5 Å². The molecular weight excluding hydrogens is 228 g/mol. The van der Waals surface area contributed by atoms with E-state index < -0.39 is 0 Å². The second-order valence-electron chi connectivity index (χ2n) is 3.98. The van der Waals surface area contributed by atoms with Crippen molar-refractivity contribution in [2.75, 3.05) is 26.2 Å². The van der Waals surface area contributed by atoms with E-state index in [1.807, 2.05) is 0 Å². The van der Waals surface area contributed by atoms with Crippen molar-refractivity contribution in [1.29, 1.82) is 0 Å². The zero-order chi connectivity index (χ0) is 14.0. The lowest BCUT2D eigenvalue weighted by Gasteiger charge is -2.13. The summed E-state index contributed by atoms with van der Waals surface area (Å²) in [5, 5.41) is 18.0. The van der Waals surface area contributed by atoms with Crippen LogP contribution < -0.4 is 5.73 Å². The minimum atomic E-state index is -0.0919. The zero-order valence-corrected chi connectivity index (χ0v) is 11.7. The third kappa shape index (κ3) is 6.47. The van der Waals surface area contributed by atoms with E-state index in [4.69, 9.17) is 15.9 Å². The summed E-state index contributed by atoms with van der Waals surface area (Å²) in [4.78, 5) is 2.38. The Bertz CT molecular complexity index is 320. The maximum atomic E-state index is 9.04. The molecule has 1 rings (SSSR count). The van der Waals surface area contributed by atoms with E-state index in [1.54, 1.807) is 6.07 Å². The van der Waals surface area contributed by atoms with Crippen molar-refractivity contribution >= 4 is 0 Å². The number of hydrogen-bond donors (Lipinski definition) is 3.